The minimum Gasteiger partial charge on any atom is -0.461 e. The molecule has 3 heterocycles. The van der Waals surface area contributed by atoms with Gasteiger partial charge in [-0.05, 0) is 24.3 Å². The Morgan fingerprint density at radius 1 is 1.16 bits per heavy atom. The number of nitrogen functional groups attached to an aromatic ring is 1. The number of hydrogen-bond donors (Lipinski definition) is 2. The van der Waals surface area contributed by atoms with Crippen LogP contribution in [0.3, 0.4) is 0 Å². The van der Waals surface area contributed by atoms with Gasteiger partial charge in [0.05, 0.1) is 23.4 Å². The van der Waals surface area contributed by atoms with Gasteiger partial charge in [-0.2, -0.15) is 5.10 Å². The molecule has 3 aromatic heterocycles. The second kappa shape index (κ2) is 8.31. The van der Waals surface area contributed by atoms with Gasteiger partial charge >= 0.3 is 0 Å². The van der Waals surface area contributed by atoms with Crippen molar-refractivity contribution in [2.75, 3.05) is 16.9 Å². The lowest BCUT2D eigenvalue weighted by Crippen LogP contribution is -2.18. The molecule has 4 rings (SSSR count). The molecule has 0 saturated carbocycles. The molecular formula is C21H23N7O2S. The van der Waals surface area contributed by atoms with Crippen molar-refractivity contribution in [2.24, 2.45) is 0 Å². The molecule has 0 aliphatic rings. The van der Waals surface area contributed by atoms with E-state index in [1.165, 1.54) is 22.7 Å². The Bertz CT molecular complexity index is 1170. The van der Waals surface area contributed by atoms with Gasteiger partial charge in [0.15, 0.2) is 5.76 Å². The maximum Gasteiger partial charge on any atom is 0.236 e. The quantitative estimate of drug-likeness (QED) is 0.350. The standard InChI is InChI=1S/C21H23N7O2S/c1-21(2,3)16-12-17(28(26-16)14-8-5-4-6-9-14)23-18(29)13-31-20-25-24-19(27(20)22)15-10-7-11-30-15/h4-12H,13,22H2,1-3H3,(H,23,29). The molecule has 0 saturated heterocycles. The Kier molecular flexibility index (Phi) is 5.55. The van der Waals surface area contributed by atoms with E-state index in [9.17, 15) is 4.79 Å². The second-order valence-electron chi connectivity index (χ2n) is 7.90. The number of rotatable bonds is 6. The molecule has 0 fully saturated rings. The van der Waals surface area contributed by atoms with Gasteiger partial charge in [0.2, 0.25) is 16.9 Å². The maximum absolute atomic E-state index is 12.7. The number of nitrogens with one attached hydrogen (secondary N) is 1. The average Bonchev–Trinajstić information content (AvgIpc) is 3.47. The van der Waals surface area contributed by atoms with E-state index < -0.39 is 0 Å². The van der Waals surface area contributed by atoms with Gasteiger partial charge in [-0.3, -0.25) is 4.79 Å². The van der Waals surface area contributed by atoms with Crippen molar-refractivity contribution in [3.8, 4) is 17.3 Å². The van der Waals surface area contributed by atoms with E-state index in [4.69, 9.17) is 15.4 Å². The minimum absolute atomic E-state index is 0.109. The van der Waals surface area contributed by atoms with Crippen LogP contribution in [-0.4, -0.2) is 36.3 Å². The molecule has 9 nitrogen and oxygen atoms in total. The zero-order valence-corrected chi connectivity index (χ0v) is 18.3. The predicted octanol–water partition coefficient (Wildman–Crippen LogP) is 3.47. The van der Waals surface area contributed by atoms with Crippen LogP contribution >= 0.6 is 11.8 Å². The van der Waals surface area contributed by atoms with Crippen LogP contribution in [0.1, 0.15) is 26.5 Å². The third-order valence-electron chi connectivity index (χ3n) is 4.48. The number of para-hydroxylation sites is 1. The molecule has 160 valence electrons. The highest BCUT2D eigenvalue weighted by Gasteiger charge is 2.22. The van der Waals surface area contributed by atoms with Crippen LogP contribution < -0.4 is 11.2 Å². The molecule has 0 spiro atoms. The normalized spacial score (nSPS) is 11.6. The SMILES string of the molecule is CC(C)(C)c1cc(NC(=O)CSc2nnc(-c3ccco3)n2N)n(-c2ccccc2)n1. The lowest BCUT2D eigenvalue weighted by Gasteiger charge is -2.14. The largest absolute Gasteiger partial charge is 0.461 e. The second-order valence-corrected chi connectivity index (χ2v) is 8.85. The average molecular weight is 438 g/mol. The Balaban J connectivity index is 1.49. The number of nitrogens with zero attached hydrogens (tertiary/aromatic N) is 5. The summed E-state index contributed by atoms with van der Waals surface area (Å²) in [5.41, 5.74) is 1.58. The molecule has 0 unspecified atom stereocenters. The lowest BCUT2D eigenvalue weighted by molar-refractivity contribution is -0.113. The van der Waals surface area contributed by atoms with Crippen LogP contribution in [0.2, 0.25) is 0 Å². The summed E-state index contributed by atoms with van der Waals surface area (Å²) in [5.74, 6) is 7.46. The zero-order chi connectivity index (χ0) is 22.0. The van der Waals surface area contributed by atoms with Crippen LogP contribution in [0.5, 0.6) is 0 Å². The van der Waals surface area contributed by atoms with E-state index in [-0.39, 0.29) is 17.1 Å². The number of nitrogens with two attached hydrogens (primary N) is 1. The van der Waals surface area contributed by atoms with Gasteiger partial charge in [-0.15, -0.1) is 10.2 Å². The van der Waals surface area contributed by atoms with Gasteiger partial charge in [0.25, 0.3) is 0 Å². The molecule has 0 bridgehead atoms. The Morgan fingerprint density at radius 2 is 1.94 bits per heavy atom. The van der Waals surface area contributed by atoms with Crippen LogP contribution in [-0.2, 0) is 10.2 Å². The monoisotopic (exact) mass is 437 g/mol. The van der Waals surface area contributed by atoms with E-state index in [0.29, 0.717) is 22.6 Å². The van der Waals surface area contributed by atoms with Crippen LogP contribution in [0.15, 0.2) is 64.4 Å². The highest BCUT2D eigenvalue weighted by Crippen LogP contribution is 2.27. The maximum atomic E-state index is 12.7. The molecule has 31 heavy (non-hydrogen) atoms. The number of carbonyl (C=O) groups is 1. The molecule has 1 aromatic carbocycles. The summed E-state index contributed by atoms with van der Waals surface area (Å²) in [6.45, 7) is 6.24. The summed E-state index contributed by atoms with van der Waals surface area (Å²) in [6, 6.07) is 15.1. The molecule has 3 N–H and O–H groups in total. The van der Waals surface area contributed by atoms with Crippen molar-refractivity contribution in [1.29, 1.82) is 0 Å². The number of benzene rings is 1. The van der Waals surface area contributed by atoms with Gasteiger partial charge in [-0.25, -0.2) is 9.36 Å². The topological polar surface area (TPSA) is 117 Å². The first kappa shape index (κ1) is 20.7. The minimum atomic E-state index is -0.204. The van der Waals surface area contributed by atoms with E-state index in [1.807, 2.05) is 36.4 Å². The van der Waals surface area contributed by atoms with E-state index >= 15 is 0 Å². The molecular weight excluding hydrogens is 414 g/mol. The molecule has 4 aromatic rings. The fraction of sp³-hybridized carbons (Fsp3) is 0.238. The number of thioether (sulfide) groups is 1. The summed E-state index contributed by atoms with van der Waals surface area (Å²) in [4.78, 5) is 12.7. The molecule has 0 aliphatic heterocycles. The number of anilines is 1. The first-order valence-corrected chi connectivity index (χ1v) is 10.6. The first-order valence-electron chi connectivity index (χ1n) is 9.66. The van der Waals surface area contributed by atoms with Crippen molar-refractivity contribution < 1.29 is 9.21 Å². The van der Waals surface area contributed by atoms with Crippen molar-refractivity contribution in [1.82, 2.24) is 24.7 Å². The lowest BCUT2D eigenvalue weighted by atomic mass is 9.92. The van der Waals surface area contributed by atoms with Crippen molar-refractivity contribution in [3.63, 3.8) is 0 Å². The Hall–Kier alpha value is -3.53. The summed E-state index contributed by atoms with van der Waals surface area (Å²) in [5, 5.41) is 16.1. The van der Waals surface area contributed by atoms with Gasteiger partial charge < -0.3 is 15.6 Å². The number of furan rings is 1. The number of amides is 1. The number of aromatic nitrogens is 5. The van der Waals surface area contributed by atoms with Crippen LogP contribution in [0.25, 0.3) is 17.3 Å². The molecule has 0 aliphatic carbocycles. The molecule has 0 atom stereocenters. The smallest absolute Gasteiger partial charge is 0.236 e. The highest BCUT2D eigenvalue weighted by atomic mass is 32.2. The number of hydrogen-bond acceptors (Lipinski definition) is 7. The first-order chi connectivity index (χ1) is 14.8. The summed E-state index contributed by atoms with van der Waals surface area (Å²) in [6.07, 6.45) is 1.53. The Labute approximate surface area is 183 Å². The van der Waals surface area contributed by atoms with Gasteiger partial charge in [0.1, 0.15) is 5.82 Å². The van der Waals surface area contributed by atoms with Gasteiger partial charge in [0, 0.05) is 11.5 Å². The number of carbonyl (C=O) groups excluding carboxylic acids is 1. The Morgan fingerprint density at radius 3 is 2.61 bits per heavy atom. The third-order valence-corrected chi connectivity index (χ3v) is 5.43. The van der Waals surface area contributed by atoms with Crippen molar-refractivity contribution in [3.05, 3.63) is 60.5 Å². The fourth-order valence-electron chi connectivity index (χ4n) is 2.86. The van der Waals surface area contributed by atoms with Crippen molar-refractivity contribution in [2.45, 2.75) is 31.3 Å². The summed E-state index contributed by atoms with van der Waals surface area (Å²) < 4.78 is 8.35. The molecule has 0 radical (unpaired) electrons. The predicted molar refractivity (Wildman–Crippen MR) is 119 cm³/mol. The third kappa shape index (κ3) is 4.48. The summed E-state index contributed by atoms with van der Waals surface area (Å²) >= 11 is 1.19. The summed E-state index contributed by atoms with van der Waals surface area (Å²) in [7, 11) is 0. The van der Waals surface area contributed by atoms with Crippen LogP contribution in [0, 0.1) is 0 Å². The molecule has 1 amide bonds. The van der Waals surface area contributed by atoms with Crippen LogP contribution in [0.4, 0.5) is 5.82 Å². The van der Waals surface area contributed by atoms with E-state index in [0.717, 1.165) is 11.4 Å². The van der Waals surface area contributed by atoms with E-state index in [1.54, 1.807) is 16.8 Å². The van der Waals surface area contributed by atoms with Gasteiger partial charge in [-0.1, -0.05) is 50.7 Å². The van der Waals surface area contributed by atoms with Crippen molar-refractivity contribution >= 4 is 23.5 Å². The molecule has 10 heteroatoms. The fourth-order valence-corrected chi connectivity index (χ4v) is 3.52. The van der Waals surface area contributed by atoms with E-state index in [2.05, 4.69) is 36.3 Å². The highest BCUT2D eigenvalue weighted by molar-refractivity contribution is 7.99. The zero-order valence-electron chi connectivity index (χ0n) is 17.4.